The predicted octanol–water partition coefficient (Wildman–Crippen LogP) is 2.37. The highest BCUT2D eigenvalue weighted by molar-refractivity contribution is 6.22. The molecular formula is C19H21N3O5. The summed E-state index contributed by atoms with van der Waals surface area (Å²) >= 11 is 0. The number of amides is 3. The van der Waals surface area contributed by atoms with Gasteiger partial charge < -0.3 is 4.90 Å². The molecule has 3 aliphatic rings. The van der Waals surface area contributed by atoms with Crippen molar-refractivity contribution >= 4 is 23.4 Å². The summed E-state index contributed by atoms with van der Waals surface area (Å²) in [5, 5.41) is 10.9. The van der Waals surface area contributed by atoms with Gasteiger partial charge in [0.2, 0.25) is 5.91 Å². The lowest BCUT2D eigenvalue weighted by molar-refractivity contribution is -0.384. The molecule has 2 atom stereocenters. The highest BCUT2D eigenvalue weighted by atomic mass is 16.6. The SMILES string of the molecule is O=C1c2ccc([N+](=O)[O-])cc2C(=O)N1CC(=O)N1CCC[C@H]2CCCC[C@H]21. The molecule has 2 aliphatic heterocycles. The molecule has 8 nitrogen and oxygen atoms in total. The second-order valence-electron chi connectivity index (χ2n) is 7.52. The van der Waals surface area contributed by atoms with Crippen LogP contribution in [-0.4, -0.2) is 51.6 Å². The van der Waals surface area contributed by atoms with Crippen molar-refractivity contribution in [1.82, 2.24) is 9.80 Å². The fourth-order valence-electron chi connectivity index (χ4n) is 4.70. The van der Waals surface area contributed by atoms with Crippen LogP contribution in [0.3, 0.4) is 0 Å². The van der Waals surface area contributed by atoms with Crippen LogP contribution in [0.4, 0.5) is 5.69 Å². The van der Waals surface area contributed by atoms with E-state index in [0.717, 1.165) is 43.1 Å². The van der Waals surface area contributed by atoms with Gasteiger partial charge in [-0.25, -0.2) is 0 Å². The number of hydrogen-bond acceptors (Lipinski definition) is 5. The third-order valence-corrected chi connectivity index (χ3v) is 6.02. The average Bonchev–Trinajstić information content (AvgIpc) is 2.91. The number of imide groups is 1. The van der Waals surface area contributed by atoms with Gasteiger partial charge in [0.05, 0.1) is 16.1 Å². The molecule has 1 aromatic carbocycles. The van der Waals surface area contributed by atoms with E-state index in [-0.39, 0.29) is 35.3 Å². The van der Waals surface area contributed by atoms with E-state index < -0.39 is 16.7 Å². The van der Waals surface area contributed by atoms with E-state index in [9.17, 15) is 24.5 Å². The first-order valence-electron chi connectivity index (χ1n) is 9.41. The van der Waals surface area contributed by atoms with Gasteiger partial charge in [-0.05, 0) is 37.7 Å². The van der Waals surface area contributed by atoms with Gasteiger partial charge in [-0.15, -0.1) is 0 Å². The number of hydrogen-bond donors (Lipinski definition) is 0. The zero-order valence-electron chi connectivity index (χ0n) is 14.9. The highest BCUT2D eigenvalue weighted by Gasteiger charge is 2.41. The Morgan fingerprint density at radius 2 is 1.78 bits per heavy atom. The van der Waals surface area contributed by atoms with Crippen molar-refractivity contribution in [2.75, 3.05) is 13.1 Å². The van der Waals surface area contributed by atoms with Gasteiger partial charge in [0.1, 0.15) is 6.54 Å². The number of carbonyl (C=O) groups excluding carboxylic acids is 3. The molecule has 0 bridgehead atoms. The summed E-state index contributed by atoms with van der Waals surface area (Å²) in [7, 11) is 0. The van der Waals surface area contributed by atoms with Crippen LogP contribution in [0.1, 0.15) is 59.2 Å². The van der Waals surface area contributed by atoms with Crippen LogP contribution in [-0.2, 0) is 4.79 Å². The maximum Gasteiger partial charge on any atom is 0.270 e. The monoisotopic (exact) mass is 371 g/mol. The summed E-state index contributed by atoms with van der Waals surface area (Å²) in [5.74, 6) is -0.892. The third-order valence-electron chi connectivity index (χ3n) is 6.02. The number of nitrogens with zero attached hydrogens (tertiary/aromatic N) is 3. The van der Waals surface area contributed by atoms with Crippen LogP contribution in [0.2, 0.25) is 0 Å². The minimum absolute atomic E-state index is 0.00353. The van der Waals surface area contributed by atoms with Crippen molar-refractivity contribution < 1.29 is 19.3 Å². The summed E-state index contributed by atoms with van der Waals surface area (Å²) in [4.78, 5) is 51.1. The quantitative estimate of drug-likeness (QED) is 0.461. The molecule has 1 saturated carbocycles. The number of piperidine rings is 1. The smallest absolute Gasteiger partial charge is 0.270 e. The molecule has 0 N–H and O–H groups in total. The van der Waals surface area contributed by atoms with E-state index >= 15 is 0 Å². The number of likely N-dealkylation sites (tertiary alicyclic amines) is 1. The minimum atomic E-state index is -0.635. The molecule has 2 fully saturated rings. The molecule has 4 rings (SSSR count). The third kappa shape index (κ3) is 2.98. The van der Waals surface area contributed by atoms with Gasteiger partial charge in [0, 0.05) is 24.7 Å². The molecule has 1 aromatic rings. The molecule has 3 amide bonds. The number of carbonyl (C=O) groups is 3. The molecule has 0 radical (unpaired) electrons. The van der Waals surface area contributed by atoms with Gasteiger partial charge in [-0.1, -0.05) is 12.8 Å². The Hall–Kier alpha value is -2.77. The van der Waals surface area contributed by atoms with E-state index in [1.807, 2.05) is 4.90 Å². The lowest BCUT2D eigenvalue weighted by Crippen LogP contribution is -2.53. The van der Waals surface area contributed by atoms with E-state index in [2.05, 4.69) is 0 Å². The summed E-state index contributed by atoms with van der Waals surface area (Å²) in [6, 6.07) is 3.80. The normalized spacial score (nSPS) is 24.6. The Kier molecular flexibility index (Phi) is 4.41. The van der Waals surface area contributed by atoms with Crippen LogP contribution in [0.5, 0.6) is 0 Å². The fourth-order valence-corrected chi connectivity index (χ4v) is 4.70. The summed E-state index contributed by atoms with van der Waals surface area (Å²) in [6.45, 7) is 0.359. The van der Waals surface area contributed by atoms with Gasteiger partial charge in [0.15, 0.2) is 0 Å². The van der Waals surface area contributed by atoms with E-state index in [1.54, 1.807) is 0 Å². The van der Waals surface area contributed by atoms with Crippen molar-refractivity contribution in [3.05, 3.63) is 39.4 Å². The Balaban J connectivity index is 1.52. The number of rotatable bonds is 3. The van der Waals surface area contributed by atoms with E-state index in [4.69, 9.17) is 0 Å². The molecule has 1 saturated heterocycles. The largest absolute Gasteiger partial charge is 0.338 e. The maximum absolute atomic E-state index is 12.9. The molecule has 1 aliphatic carbocycles. The van der Waals surface area contributed by atoms with Crippen molar-refractivity contribution in [3.8, 4) is 0 Å². The van der Waals surface area contributed by atoms with Gasteiger partial charge in [-0.2, -0.15) is 0 Å². The van der Waals surface area contributed by atoms with Gasteiger partial charge in [-0.3, -0.25) is 29.4 Å². The number of nitro benzene ring substituents is 1. The highest BCUT2D eigenvalue weighted by Crippen LogP contribution is 2.35. The van der Waals surface area contributed by atoms with Crippen molar-refractivity contribution in [3.63, 3.8) is 0 Å². The molecule has 0 spiro atoms. The standard InChI is InChI=1S/C19H21N3O5/c23-17(20-9-3-5-12-4-1-2-6-16(12)20)11-21-18(24)14-8-7-13(22(26)27)10-15(14)19(21)25/h7-8,10,12,16H,1-6,9,11H2/t12-,16-/m1/s1. The van der Waals surface area contributed by atoms with Crippen LogP contribution in [0, 0.1) is 16.0 Å². The first-order valence-corrected chi connectivity index (χ1v) is 9.41. The number of non-ortho nitro benzene ring substituents is 1. The van der Waals surface area contributed by atoms with E-state index in [1.165, 1.54) is 18.6 Å². The second-order valence-corrected chi connectivity index (χ2v) is 7.52. The number of nitro groups is 1. The molecule has 8 heteroatoms. The van der Waals surface area contributed by atoms with Crippen LogP contribution >= 0.6 is 0 Å². The minimum Gasteiger partial charge on any atom is -0.338 e. The summed E-state index contributed by atoms with van der Waals surface area (Å²) in [6.07, 6.45) is 6.48. The van der Waals surface area contributed by atoms with Gasteiger partial charge >= 0.3 is 0 Å². The molecular weight excluding hydrogens is 350 g/mol. The Labute approximate surface area is 156 Å². The first-order chi connectivity index (χ1) is 13.0. The Morgan fingerprint density at radius 1 is 1.07 bits per heavy atom. The average molecular weight is 371 g/mol. The van der Waals surface area contributed by atoms with E-state index in [0.29, 0.717) is 12.5 Å². The van der Waals surface area contributed by atoms with Crippen LogP contribution in [0.25, 0.3) is 0 Å². The Bertz CT molecular complexity index is 835. The predicted molar refractivity (Wildman–Crippen MR) is 95.2 cm³/mol. The van der Waals surface area contributed by atoms with Crippen molar-refractivity contribution in [2.45, 2.75) is 44.6 Å². The number of fused-ring (bicyclic) bond motifs is 2. The molecule has 27 heavy (non-hydrogen) atoms. The summed E-state index contributed by atoms with van der Waals surface area (Å²) in [5.41, 5.74) is -0.132. The van der Waals surface area contributed by atoms with Crippen molar-refractivity contribution in [1.29, 1.82) is 0 Å². The lowest BCUT2D eigenvalue weighted by atomic mass is 9.78. The van der Waals surface area contributed by atoms with Crippen LogP contribution in [0.15, 0.2) is 18.2 Å². The zero-order chi connectivity index (χ0) is 19.1. The first kappa shape index (κ1) is 17.6. The Morgan fingerprint density at radius 3 is 2.56 bits per heavy atom. The van der Waals surface area contributed by atoms with Crippen LogP contribution < -0.4 is 0 Å². The second kappa shape index (κ2) is 6.75. The lowest BCUT2D eigenvalue weighted by Gasteiger charge is -2.44. The molecule has 2 heterocycles. The molecule has 142 valence electrons. The zero-order valence-corrected chi connectivity index (χ0v) is 14.9. The maximum atomic E-state index is 12.9. The summed E-state index contributed by atoms with van der Waals surface area (Å²) < 4.78 is 0. The molecule has 0 aromatic heterocycles. The molecule has 0 unspecified atom stereocenters. The van der Waals surface area contributed by atoms with Gasteiger partial charge in [0.25, 0.3) is 17.5 Å². The van der Waals surface area contributed by atoms with Crippen molar-refractivity contribution in [2.24, 2.45) is 5.92 Å². The topological polar surface area (TPSA) is 101 Å². The fraction of sp³-hybridized carbons (Fsp3) is 0.526. The number of benzene rings is 1.